The molecule has 1 fully saturated rings. The summed E-state index contributed by atoms with van der Waals surface area (Å²) in [7, 11) is 0. The highest BCUT2D eigenvalue weighted by molar-refractivity contribution is 6.35. The first kappa shape index (κ1) is 14.2. The van der Waals surface area contributed by atoms with Crippen LogP contribution in [-0.4, -0.2) is 18.0 Å². The van der Waals surface area contributed by atoms with Crippen LogP contribution in [0.2, 0.25) is 10.0 Å². The molecule has 3 amide bonds. The van der Waals surface area contributed by atoms with Gasteiger partial charge in [0.1, 0.15) is 6.04 Å². The van der Waals surface area contributed by atoms with Crippen LogP contribution in [0.15, 0.2) is 18.2 Å². The molecule has 1 aromatic carbocycles. The summed E-state index contributed by atoms with van der Waals surface area (Å²) in [6.45, 7) is 4.00. The third-order valence-electron chi connectivity index (χ3n) is 2.83. The van der Waals surface area contributed by atoms with Crippen molar-refractivity contribution in [2.75, 3.05) is 4.90 Å². The van der Waals surface area contributed by atoms with Gasteiger partial charge in [0, 0.05) is 10.0 Å². The molecule has 0 aromatic heterocycles. The normalized spacial score (nSPS) is 19.2. The summed E-state index contributed by atoms with van der Waals surface area (Å²) in [5.41, 5.74) is 0.395. The van der Waals surface area contributed by atoms with Gasteiger partial charge in [-0.15, -0.1) is 0 Å². The largest absolute Gasteiger partial charge is 0.329 e. The van der Waals surface area contributed by atoms with E-state index in [4.69, 9.17) is 23.2 Å². The molecule has 6 heteroatoms. The maximum Gasteiger partial charge on any atom is 0.329 e. The van der Waals surface area contributed by atoms with Crippen LogP contribution >= 0.6 is 23.2 Å². The minimum atomic E-state index is -0.481. The van der Waals surface area contributed by atoms with Crippen LogP contribution in [0, 0.1) is 5.92 Å². The highest BCUT2D eigenvalue weighted by atomic mass is 35.5. The van der Waals surface area contributed by atoms with Crippen molar-refractivity contribution in [3.63, 3.8) is 0 Å². The van der Waals surface area contributed by atoms with Gasteiger partial charge in [0.05, 0.1) is 5.69 Å². The number of rotatable bonds is 3. The van der Waals surface area contributed by atoms with Crippen molar-refractivity contribution < 1.29 is 9.59 Å². The van der Waals surface area contributed by atoms with Gasteiger partial charge in [-0.1, -0.05) is 37.0 Å². The molecule has 1 aromatic rings. The van der Waals surface area contributed by atoms with Crippen LogP contribution in [0.3, 0.4) is 0 Å². The van der Waals surface area contributed by atoms with E-state index < -0.39 is 12.1 Å². The molecule has 0 spiro atoms. The van der Waals surface area contributed by atoms with Crippen LogP contribution in [-0.2, 0) is 4.79 Å². The Kier molecular flexibility index (Phi) is 4.02. The third kappa shape index (κ3) is 3.01. The topological polar surface area (TPSA) is 49.4 Å². The molecule has 0 radical (unpaired) electrons. The number of carbonyl (C=O) groups is 2. The Balaban J connectivity index is 2.29. The summed E-state index contributed by atoms with van der Waals surface area (Å²) in [6, 6.07) is 3.72. The predicted molar refractivity (Wildman–Crippen MR) is 75.7 cm³/mol. The van der Waals surface area contributed by atoms with E-state index in [-0.39, 0.29) is 5.91 Å². The molecule has 102 valence electrons. The van der Waals surface area contributed by atoms with E-state index >= 15 is 0 Å². The Bertz CT molecular complexity index is 511. The van der Waals surface area contributed by atoms with Crippen LogP contribution in [0.4, 0.5) is 10.5 Å². The zero-order valence-corrected chi connectivity index (χ0v) is 12.1. The maximum atomic E-state index is 12.2. The second-order valence-electron chi connectivity index (χ2n) is 4.93. The summed E-state index contributed by atoms with van der Waals surface area (Å²) < 4.78 is 0. The van der Waals surface area contributed by atoms with Crippen molar-refractivity contribution in [1.29, 1.82) is 0 Å². The first-order valence-electron chi connectivity index (χ1n) is 5.99. The second kappa shape index (κ2) is 5.39. The molecule has 0 bridgehead atoms. The predicted octanol–water partition coefficient (Wildman–Crippen LogP) is 3.46. The van der Waals surface area contributed by atoms with Gasteiger partial charge in [-0.25, -0.2) is 9.69 Å². The number of benzene rings is 1. The highest BCUT2D eigenvalue weighted by Crippen LogP contribution is 2.28. The van der Waals surface area contributed by atoms with Gasteiger partial charge in [0.25, 0.3) is 5.91 Å². The maximum absolute atomic E-state index is 12.2. The molecule has 1 aliphatic rings. The Hall–Kier alpha value is -1.26. The van der Waals surface area contributed by atoms with Gasteiger partial charge in [0.15, 0.2) is 0 Å². The number of nitrogens with one attached hydrogen (secondary N) is 1. The molecule has 1 atom stereocenters. The zero-order chi connectivity index (χ0) is 14.2. The lowest BCUT2D eigenvalue weighted by Gasteiger charge is -2.14. The van der Waals surface area contributed by atoms with E-state index in [0.717, 1.165) is 4.90 Å². The number of urea groups is 1. The van der Waals surface area contributed by atoms with Crippen LogP contribution < -0.4 is 10.2 Å². The van der Waals surface area contributed by atoms with Crippen molar-refractivity contribution in [2.24, 2.45) is 5.92 Å². The van der Waals surface area contributed by atoms with Gasteiger partial charge < -0.3 is 5.32 Å². The zero-order valence-electron chi connectivity index (χ0n) is 10.6. The SMILES string of the molecule is CC(C)CC1NC(=O)N(c2cc(Cl)cc(Cl)c2)C1=O. The van der Waals surface area contributed by atoms with Gasteiger partial charge in [-0.3, -0.25) is 4.79 Å². The molecule has 1 heterocycles. The van der Waals surface area contributed by atoms with Crippen molar-refractivity contribution in [3.8, 4) is 0 Å². The molecule has 1 saturated heterocycles. The first-order chi connectivity index (χ1) is 8.88. The Morgan fingerprint density at radius 2 is 1.79 bits per heavy atom. The molecular formula is C13H14Cl2N2O2. The number of carbonyl (C=O) groups excluding carboxylic acids is 2. The van der Waals surface area contributed by atoms with E-state index in [1.807, 2.05) is 13.8 Å². The fraction of sp³-hybridized carbons (Fsp3) is 0.385. The molecular weight excluding hydrogens is 287 g/mol. The fourth-order valence-corrected chi connectivity index (χ4v) is 2.59. The average molecular weight is 301 g/mol. The van der Waals surface area contributed by atoms with Crippen LogP contribution in [0.5, 0.6) is 0 Å². The summed E-state index contributed by atoms with van der Waals surface area (Å²) >= 11 is 11.8. The Labute approximate surface area is 121 Å². The number of amides is 3. The lowest BCUT2D eigenvalue weighted by Crippen LogP contribution is -2.31. The number of halogens is 2. The van der Waals surface area contributed by atoms with Crippen molar-refractivity contribution in [3.05, 3.63) is 28.2 Å². The molecule has 19 heavy (non-hydrogen) atoms. The Morgan fingerprint density at radius 1 is 1.21 bits per heavy atom. The van der Waals surface area contributed by atoms with E-state index in [1.54, 1.807) is 18.2 Å². The summed E-state index contributed by atoms with van der Waals surface area (Å²) in [4.78, 5) is 25.2. The number of hydrogen-bond acceptors (Lipinski definition) is 2. The van der Waals surface area contributed by atoms with E-state index in [0.29, 0.717) is 28.1 Å². The standard InChI is InChI=1S/C13H14Cl2N2O2/c1-7(2)3-11-12(18)17(13(19)16-11)10-5-8(14)4-9(15)6-10/h4-7,11H,3H2,1-2H3,(H,16,19). The smallest absolute Gasteiger partial charge is 0.325 e. The third-order valence-corrected chi connectivity index (χ3v) is 3.27. The lowest BCUT2D eigenvalue weighted by atomic mass is 10.0. The Morgan fingerprint density at radius 3 is 2.32 bits per heavy atom. The second-order valence-corrected chi connectivity index (χ2v) is 5.81. The van der Waals surface area contributed by atoms with Crippen LogP contribution in [0.25, 0.3) is 0 Å². The number of hydrogen-bond donors (Lipinski definition) is 1. The molecule has 4 nitrogen and oxygen atoms in total. The van der Waals surface area contributed by atoms with E-state index in [2.05, 4.69) is 5.32 Å². The van der Waals surface area contributed by atoms with Crippen molar-refractivity contribution in [1.82, 2.24) is 5.32 Å². The number of nitrogens with zero attached hydrogens (tertiary/aromatic N) is 1. The molecule has 0 saturated carbocycles. The molecule has 1 aliphatic heterocycles. The summed E-state index contributed by atoms with van der Waals surface area (Å²) in [6.07, 6.45) is 0.607. The average Bonchev–Trinajstić information content (AvgIpc) is 2.51. The monoisotopic (exact) mass is 300 g/mol. The molecule has 2 rings (SSSR count). The van der Waals surface area contributed by atoms with Crippen molar-refractivity contribution >= 4 is 40.8 Å². The molecule has 1 unspecified atom stereocenters. The van der Waals surface area contributed by atoms with E-state index in [9.17, 15) is 9.59 Å². The summed E-state index contributed by atoms with van der Waals surface area (Å²) in [5, 5.41) is 3.44. The number of anilines is 1. The quantitative estimate of drug-likeness (QED) is 0.869. The summed E-state index contributed by atoms with van der Waals surface area (Å²) in [5.74, 6) is 0.0502. The minimum Gasteiger partial charge on any atom is -0.325 e. The molecule has 1 N–H and O–H groups in total. The lowest BCUT2D eigenvalue weighted by molar-refractivity contribution is -0.118. The fourth-order valence-electron chi connectivity index (χ4n) is 2.08. The van der Waals surface area contributed by atoms with Crippen LogP contribution in [0.1, 0.15) is 20.3 Å². The van der Waals surface area contributed by atoms with Gasteiger partial charge in [-0.2, -0.15) is 0 Å². The number of imide groups is 1. The van der Waals surface area contributed by atoms with Crippen molar-refractivity contribution in [2.45, 2.75) is 26.3 Å². The first-order valence-corrected chi connectivity index (χ1v) is 6.74. The molecule has 0 aliphatic carbocycles. The highest BCUT2D eigenvalue weighted by Gasteiger charge is 2.39. The van der Waals surface area contributed by atoms with Gasteiger partial charge >= 0.3 is 6.03 Å². The van der Waals surface area contributed by atoms with Gasteiger partial charge in [0.2, 0.25) is 0 Å². The van der Waals surface area contributed by atoms with Gasteiger partial charge in [-0.05, 0) is 30.5 Å². The minimum absolute atomic E-state index is 0.267. The van der Waals surface area contributed by atoms with E-state index in [1.165, 1.54) is 0 Å².